The Morgan fingerprint density at radius 3 is 3.00 bits per heavy atom. The van der Waals surface area contributed by atoms with Crippen molar-refractivity contribution in [1.29, 1.82) is 0 Å². The molecule has 3 heterocycles. The average Bonchev–Trinajstić information content (AvgIpc) is 3.14. The Hall–Kier alpha value is -1.96. The number of amides is 1. The SMILES string of the molecule is COc1nc(N2CCCC(F)C2)c(F)cc1CNC(=O)C1CCCN1. The van der Waals surface area contributed by atoms with E-state index in [4.69, 9.17) is 4.74 Å². The summed E-state index contributed by atoms with van der Waals surface area (Å²) in [4.78, 5) is 17.9. The summed E-state index contributed by atoms with van der Waals surface area (Å²) in [6.07, 6.45) is 1.95. The number of carbonyl (C=O) groups excluding carboxylic acids is 1. The second-order valence-corrected chi connectivity index (χ2v) is 6.51. The number of nitrogens with one attached hydrogen (secondary N) is 2. The van der Waals surface area contributed by atoms with Crippen molar-refractivity contribution in [2.45, 2.75) is 44.4 Å². The van der Waals surface area contributed by atoms with Crippen molar-refractivity contribution in [3.8, 4) is 5.88 Å². The maximum absolute atomic E-state index is 14.5. The minimum Gasteiger partial charge on any atom is -0.481 e. The zero-order chi connectivity index (χ0) is 17.8. The minimum atomic E-state index is -0.973. The van der Waals surface area contributed by atoms with Crippen LogP contribution in [0.25, 0.3) is 0 Å². The standard InChI is InChI=1S/C17H24F2N4O2/c1-25-17-11(9-21-16(24)14-5-2-6-20-14)8-13(19)15(22-17)23-7-3-4-12(18)10-23/h8,12,14,20H,2-7,9-10H2,1H3,(H,21,24). The molecule has 0 bridgehead atoms. The van der Waals surface area contributed by atoms with Crippen LogP contribution < -0.4 is 20.3 Å². The van der Waals surface area contributed by atoms with Gasteiger partial charge in [0.05, 0.1) is 19.7 Å². The van der Waals surface area contributed by atoms with Crippen molar-refractivity contribution in [3.63, 3.8) is 0 Å². The molecule has 2 aliphatic heterocycles. The lowest BCUT2D eigenvalue weighted by Crippen LogP contribution is -2.40. The van der Waals surface area contributed by atoms with Gasteiger partial charge in [-0.3, -0.25) is 4.79 Å². The first-order valence-corrected chi connectivity index (χ1v) is 8.72. The summed E-state index contributed by atoms with van der Waals surface area (Å²) in [6.45, 7) is 1.67. The number of rotatable bonds is 5. The fraction of sp³-hybridized carbons (Fsp3) is 0.647. The summed E-state index contributed by atoms with van der Waals surface area (Å²) in [5, 5.41) is 5.90. The Bertz CT molecular complexity index is 623. The summed E-state index contributed by atoms with van der Waals surface area (Å²) in [5.74, 6) is -0.290. The lowest BCUT2D eigenvalue weighted by Gasteiger charge is -2.30. The normalized spacial score (nSPS) is 23.6. The van der Waals surface area contributed by atoms with Crippen molar-refractivity contribution in [2.24, 2.45) is 0 Å². The molecule has 3 rings (SSSR count). The summed E-state index contributed by atoms with van der Waals surface area (Å²) >= 11 is 0. The Balaban J connectivity index is 1.71. The Morgan fingerprint density at radius 2 is 2.32 bits per heavy atom. The molecule has 138 valence electrons. The Kier molecular flexibility index (Phi) is 5.67. The topological polar surface area (TPSA) is 66.5 Å². The highest BCUT2D eigenvalue weighted by Crippen LogP contribution is 2.27. The number of alkyl halides is 1. The van der Waals surface area contributed by atoms with Crippen molar-refractivity contribution in [3.05, 3.63) is 17.4 Å². The summed E-state index contributed by atoms with van der Waals surface area (Å²) in [6, 6.07) is 1.11. The number of methoxy groups -OCH3 is 1. The van der Waals surface area contributed by atoms with Crippen LogP contribution in [0.4, 0.5) is 14.6 Å². The summed E-state index contributed by atoms with van der Waals surface area (Å²) in [5.41, 5.74) is 0.462. The fourth-order valence-corrected chi connectivity index (χ4v) is 3.36. The van der Waals surface area contributed by atoms with Crippen LogP contribution in [-0.4, -0.2) is 49.8 Å². The van der Waals surface area contributed by atoms with Gasteiger partial charge in [-0.15, -0.1) is 0 Å². The first-order valence-electron chi connectivity index (χ1n) is 8.72. The maximum Gasteiger partial charge on any atom is 0.237 e. The van der Waals surface area contributed by atoms with Crippen molar-refractivity contribution < 1.29 is 18.3 Å². The van der Waals surface area contributed by atoms with E-state index in [1.54, 1.807) is 4.90 Å². The van der Waals surface area contributed by atoms with Gasteiger partial charge in [-0.05, 0) is 38.3 Å². The van der Waals surface area contributed by atoms with E-state index >= 15 is 0 Å². The van der Waals surface area contributed by atoms with Gasteiger partial charge < -0.3 is 20.3 Å². The predicted octanol–water partition coefficient (Wildman–Crippen LogP) is 1.54. The van der Waals surface area contributed by atoms with Crippen molar-refractivity contribution in [1.82, 2.24) is 15.6 Å². The van der Waals surface area contributed by atoms with Gasteiger partial charge in [-0.2, -0.15) is 4.98 Å². The van der Waals surface area contributed by atoms with E-state index in [2.05, 4.69) is 15.6 Å². The Morgan fingerprint density at radius 1 is 1.48 bits per heavy atom. The van der Waals surface area contributed by atoms with E-state index in [9.17, 15) is 13.6 Å². The number of halogens is 2. The molecule has 8 heteroatoms. The third-order valence-electron chi connectivity index (χ3n) is 4.68. The van der Waals surface area contributed by atoms with E-state index in [0.717, 1.165) is 19.4 Å². The van der Waals surface area contributed by atoms with Crippen LogP contribution in [0, 0.1) is 5.82 Å². The van der Waals surface area contributed by atoms with E-state index in [-0.39, 0.29) is 36.7 Å². The molecule has 0 radical (unpaired) electrons. The van der Waals surface area contributed by atoms with Gasteiger partial charge in [0, 0.05) is 18.7 Å². The number of ether oxygens (including phenoxy) is 1. The van der Waals surface area contributed by atoms with Gasteiger partial charge in [0.2, 0.25) is 11.8 Å². The number of pyridine rings is 1. The molecule has 1 aromatic rings. The molecule has 1 amide bonds. The number of piperidine rings is 1. The van der Waals surface area contributed by atoms with Gasteiger partial charge in [-0.1, -0.05) is 0 Å². The lowest BCUT2D eigenvalue weighted by atomic mass is 10.1. The van der Waals surface area contributed by atoms with Crippen LogP contribution in [0.2, 0.25) is 0 Å². The van der Waals surface area contributed by atoms with Crippen LogP contribution in [0.15, 0.2) is 6.07 Å². The van der Waals surface area contributed by atoms with Crippen molar-refractivity contribution >= 4 is 11.7 Å². The third-order valence-corrected chi connectivity index (χ3v) is 4.68. The first-order chi connectivity index (χ1) is 12.1. The van der Waals surface area contributed by atoms with Gasteiger partial charge in [-0.25, -0.2) is 8.78 Å². The predicted molar refractivity (Wildman–Crippen MR) is 90.0 cm³/mol. The molecule has 2 aliphatic rings. The highest BCUT2D eigenvalue weighted by Gasteiger charge is 2.25. The first kappa shape index (κ1) is 17.8. The van der Waals surface area contributed by atoms with E-state index in [1.165, 1.54) is 13.2 Å². The van der Waals surface area contributed by atoms with Gasteiger partial charge >= 0.3 is 0 Å². The number of nitrogens with zero attached hydrogens (tertiary/aromatic N) is 2. The largest absolute Gasteiger partial charge is 0.481 e. The smallest absolute Gasteiger partial charge is 0.237 e. The molecule has 2 fully saturated rings. The quantitative estimate of drug-likeness (QED) is 0.840. The molecule has 0 saturated carbocycles. The molecule has 0 aliphatic carbocycles. The maximum atomic E-state index is 14.5. The number of hydrogen-bond donors (Lipinski definition) is 2. The number of aromatic nitrogens is 1. The molecule has 6 nitrogen and oxygen atoms in total. The van der Waals surface area contributed by atoms with Gasteiger partial charge in [0.1, 0.15) is 6.17 Å². The second-order valence-electron chi connectivity index (χ2n) is 6.51. The molecule has 2 saturated heterocycles. The highest BCUT2D eigenvalue weighted by molar-refractivity contribution is 5.82. The monoisotopic (exact) mass is 354 g/mol. The molecule has 25 heavy (non-hydrogen) atoms. The van der Waals surface area contributed by atoms with Crippen LogP contribution in [-0.2, 0) is 11.3 Å². The van der Waals surface area contributed by atoms with Crippen molar-refractivity contribution in [2.75, 3.05) is 31.6 Å². The molecule has 2 N–H and O–H groups in total. The van der Waals surface area contributed by atoms with E-state index in [1.807, 2.05) is 0 Å². The lowest BCUT2D eigenvalue weighted by molar-refractivity contribution is -0.122. The average molecular weight is 354 g/mol. The number of anilines is 1. The Labute approximate surface area is 145 Å². The molecule has 2 unspecified atom stereocenters. The molecule has 0 spiro atoms. The van der Waals surface area contributed by atoms with Crippen LogP contribution in [0.1, 0.15) is 31.2 Å². The zero-order valence-corrected chi connectivity index (χ0v) is 14.4. The minimum absolute atomic E-state index is 0.103. The fourth-order valence-electron chi connectivity index (χ4n) is 3.36. The van der Waals surface area contributed by atoms with Gasteiger partial charge in [0.15, 0.2) is 11.6 Å². The molecular formula is C17H24F2N4O2. The second kappa shape index (κ2) is 7.95. The van der Waals surface area contributed by atoms with Crippen LogP contribution in [0.5, 0.6) is 5.88 Å². The van der Waals surface area contributed by atoms with Crippen LogP contribution in [0.3, 0.4) is 0 Å². The molecule has 0 aromatic carbocycles. The molecule has 1 aromatic heterocycles. The molecular weight excluding hydrogens is 330 g/mol. The summed E-state index contributed by atoms with van der Waals surface area (Å²) in [7, 11) is 1.45. The zero-order valence-electron chi connectivity index (χ0n) is 14.4. The molecule has 2 atom stereocenters. The number of carbonyl (C=O) groups is 1. The summed E-state index contributed by atoms with van der Waals surface area (Å²) < 4.78 is 33.3. The third kappa shape index (κ3) is 4.18. The number of hydrogen-bond acceptors (Lipinski definition) is 5. The highest BCUT2D eigenvalue weighted by atomic mass is 19.1. The van der Waals surface area contributed by atoms with E-state index in [0.29, 0.717) is 24.9 Å². The van der Waals surface area contributed by atoms with Gasteiger partial charge in [0.25, 0.3) is 0 Å². The van der Waals surface area contributed by atoms with Crippen LogP contribution >= 0.6 is 0 Å². The van der Waals surface area contributed by atoms with E-state index < -0.39 is 12.0 Å².